The van der Waals surface area contributed by atoms with Crippen LogP contribution < -0.4 is 0 Å². The summed E-state index contributed by atoms with van der Waals surface area (Å²) in [5.41, 5.74) is 15.4. The van der Waals surface area contributed by atoms with Crippen LogP contribution in [0.1, 0.15) is 22.3 Å². The minimum absolute atomic E-state index is 0.353. The van der Waals surface area contributed by atoms with Crippen molar-refractivity contribution in [3.05, 3.63) is 178 Å². The molecule has 0 radical (unpaired) electrons. The van der Waals surface area contributed by atoms with Crippen molar-refractivity contribution in [1.82, 2.24) is 0 Å². The first-order valence-corrected chi connectivity index (χ1v) is 15.2. The van der Waals surface area contributed by atoms with Crippen LogP contribution in [-0.2, 0) is 5.41 Å². The molecule has 0 fully saturated rings. The first-order valence-electron chi connectivity index (χ1n) is 14.5. The van der Waals surface area contributed by atoms with Crippen molar-refractivity contribution in [2.45, 2.75) is 5.41 Å². The van der Waals surface area contributed by atoms with Crippen molar-refractivity contribution in [1.29, 1.82) is 0 Å². The Morgan fingerprint density at radius 2 is 0.857 bits per heavy atom. The van der Waals surface area contributed by atoms with Gasteiger partial charge in [0.05, 0.1) is 5.41 Å². The molecule has 0 atom stereocenters. The average Bonchev–Trinajstić information content (AvgIpc) is 3.50. The van der Waals surface area contributed by atoms with Crippen LogP contribution in [0.5, 0.6) is 0 Å². The Morgan fingerprint density at radius 1 is 0.333 bits per heavy atom. The van der Waals surface area contributed by atoms with E-state index < -0.39 is 0 Å². The van der Waals surface area contributed by atoms with Crippen molar-refractivity contribution < 1.29 is 0 Å². The molecule has 0 saturated heterocycles. The summed E-state index contributed by atoms with van der Waals surface area (Å²) in [4.78, 5) is 0. The van der Waals surface area contributed by atoms with E-state index in [9.17, 15) is 0 Å². The van der Waals surface area contributed by atoms with Crippen LogP contribution in [0.3, 0.4) is 0 Å². The molecule has 0 aliphatic heterocycles. The second-order valence-corrected chi connectivity index (χ2v) is 12.3. The molecular weight excluding hydrogens is 572 g/mol. The van der Waals surface area contributed by atoms with Gasteiger partial charge in [-0.25, -0.2) is 0 Å². The van der Waals surface area contributed by atoms with Gasteiger partial charge < -0.3 is 0 Å². The molecule has 0 bridgehead atoms. The number of hydrogen-bond acceptors (Lipinski definition) is 0. The van der Waals surface area contributed by atoms with Crippen molar-refractivity contribution in [3.63, 3.8) is 0 Å². The summed E-state index contributed by atoms with van der Waals surface area (Å²) >= 11 is 3.62. The molecule has 0 aromatic heterocycles. The van der Waals surface area contributed by atoms with Gasteiger partial charge in [0, 0.05) is 4.47 Å². The van der Waals surface area contributed by atoms with Crippen LogP contribution in [0.2, 0.25) is 0 Å². The summed E-state index contributed by atoms with van der Waals surface area (Å²) in [6.45, 7) is 0. The first-order chi connectivity index (χ1) is 20.7. The van der Waals surface area contributed by atoms with Crippen molar-refractivity contribution in [3.8, 4) is 44.5 Å². The van der Waals surface area contributed by atoms with Gasteiger partial charge in [0.2, 0.25) is 0 Å². The van der Waals surface area contributed by atoms with Crippen LogP contribution in [0.25, 0.3) is 55.3 Å². The Kier molecular flexibility index (Phi) is 5.06. The molecule has 0 heterocycles. The fourth-order valence-electron chi connectivity index (χ4n) is 7.53. The monoisotopic (exact) mass is 596 g/mol. The van der Waals surface area contributed by atoms with E-state index in [0.29, 0.717) is 0 Å². The normalized spacial score (nSPS) is 13.5. The standard InChI is InChI=1S/C41H25Br/c42-32-11-7-10-28(22-32)26-16-18-27(19-17-26)31-20-21-35-36-23-29-8-1-2-9-30(29)24-40(36)41(39(35)25-31)37-14-5-3-12-33(37)34-13-4-6-15-38(34)41/h1-25H. The SMILES string of the molecule is Brc1cccc(-c2ccc(-c3ccc4c(c3)C3(c5ccccc5-c5ccccc53)c3cc5ccccc5cc3-4)cc2)c1. The van der Waals surface area contributed by atoms with Crippen molar-refractivity contribution in [2.75, 3.05) is 0 Å². The Morgan fingerprint density at radius 3 is 1.52 bits per heavy atom. The zero-order valence-corrected chi connectivity index (χ0v) is 24.4. The molecule has 9 rings (SSSR count). The van der Waals surface area contributed by atoms with E-state index in [1.807, 2.05) is 0 Å². The maximum atomic E-state index is 3.62. The number of fused-ring (bicyclic) bond motifs is 11. The molecule has 42 heavy (non-hydrogen) atoms. The molecule has 7 aromatic carbocycles. The van der Waals surface area contributed by atoms with Gasteiger partial charge in [-0.05, 0) is 108 Å². The van der Waals surface area contributed by atoms with E-state index in [4.69, 9.17) is 0 Å². The van der Waals surface area contributed by atoms with Crippen LogP contribution in [0, 0.1) is 0 Å². The number of benzene rings is 7. The molecule has 196 valence electrons. The van der Waals surface area contributed by atoms with Gasteiger partial charge in [-0.15, -0.1) is 0 Å². The van der Waals surface area contributed by atoms with Gasteiger partial charge in [0.15, 0.2) is 0 Å². The fourth-order valence-corrected chi connectivity index (χ4v) is 7.93. The molecule has 0 unspecified atom stereocenters. The Labute approximate surface area is 254 Å². The van der Waals surface area contributed by atoms with E-state index in [1.165, 1.54) is 77.5 Å². The maximum absolute atomic E-state index is 3.62. The smallest absolute Gasteiger partial charge is 0.0619 e. The molecule has 1 heteroatoms. The van der Waals surface area contributed by atoms with Crippen LogP contribution >= 0.6 is 15.9 Å². The lowest BCUT2D eigenvalue weighted by molar-refractivity contribution is 0.795. The minimum Gasteiger partial charge on any atom is -0.0619 e. The van der Waals surface area contributed by atoms with Crippen LogP contribution in [0.4, 0.5) is 0 Å². The third kappa shape index (κ3) is 3.23. The Hall–Kier alpha value is -4.72. The summed E-state index contributed by atoms with van der Waals surface area (Å²) in [6.07, 6.45) is 0. The summed E-state index contributed by atoms with van der Waals surface area (Å²) < 4.78 is 1.09. The highest BCUT2D eigenvalue weighted by Crippen LogP contribution is 2.63. The summed E-state index contributed by atoms with van der Waals surface area (Å²) in [5.74, 6) is 0. The quantitative estimate of drug-likeness (QED) is 0.186. The lowest BCUT2D eigenvalue weighted by Crippen LogP contribution is -2.25. The number of rotatable bonds is 2. The lowest BCUT2D eigenvalue weighted by atomic mass is 9.70. The third-order valence-corrected chi connectivity index (χ3v) is 9.83. The van der Waals surface area contributed by atoms with Crippen molar-refractivity contribution >= 4 is 26.7 Å². The van der Waals surface area contributed by atoms with E-state index in [0.717, 1.165) is 4.47 Å². The molecule has 0 amide bonds. The Balaban J connectivity index is 1.30. The molecule has 2 aliphatic carbocycles. The molecular formula is C41H25Br. The molecule has 0 nitrogen and oxygen atoms in total. The molecule has 1 spiro atoms. The van der Waals surface area contributed by atoms with Gasteiger partial charge in [-0.2, -0.15) is 0 Å². The van der Waals surface area contributed by atoms with Gasteiger partial charge in [0.1, 0.15) is 0 Å². The molecule has 0 saturated carbocycles. The van der Waals surface area contributed by atoms with Gasteiger partial charge in [-0.3, -0.25) is 0 Å². The fraction of sp³-hybridized carbons (Fsp3) is 0.0244. The maximum Gasteiger partial charge on any atom is 0.0725 e. The number of halogens is 1. The third-order valence-electron chi connectivity index (χ3n) is 9.33. The first kappa shape index (κ1) is 23.9. The van der Waals surface area contributed by atoms with E-state index in [2.05, 4.69) is 168 Å². The molecule has 7 aromatic rings. The second-order valence-electron chi connectivity index (χ2n) is 11.4. The summed E-state index contributed by atoms with van der Waals surface area (Å²) in [7, 11) is 0. The topological polar surface area (TPSA) is 0 Å². The van der Waals surface area contributed by atoms with E-state index >= 15 is 0 Å². The highest BCUT2D eigenvalue weighted by molar-refractivity contribution is 9.10. The average molecular weight is 598 g/mol. The van der Waals surface area contributed by atoms with Crippen molar-refractivity contribution in [2.24, 2.45) is 0 Å². The van der Waals surface area contributed by atoms with Gasteiger partial charge in [0.25, 0.3) is 0 Å². The largest absolute Gasteiger partial charge is 0.0725 e. The number of hydrogen-bond donors (Lipinski definition) is 0. The highest BCUT2D eigenvalue weighted by atomic mass is 79.9. The molecule has 2 aliphatic rings. The van der Waals surface area contributed by atoms with Gasteiger partial charge >= 0.3 is 0 Å². The van der Waals surface area contributed by atoms with E-state index in [-0.39, 0.29) is 5.41 Å². The minimum atomic E-state index is -0.353. The van der Waals surface area contributed by atoms with Crippen LogP contribution in [-0.4, -0.2) is 0 Å². The summed E-state index contributed by atoms with van der Waals surface area (Å²) in [5, 5.41) is 2.57. The zero-order chi connectivity index (χ0) is 27.8. The lowest BCUT2D eigenvalue weighted by Gasteiger charge is -2.31. The van der Waals surface area contributed by atoms with E-state index in [1.54, 1.807) is 0 Å². The predicted octanol–water partition coefficient (Wildman–Crippen LogP) is 11.3. The van der Waals surface area contributed by atoms with Crippen LogP contribution in [0.15, 0.2) is 156 Å². The highest BCUT2D eigenvalue weighted by Gasteiger charge is 2.51. The molecule has 0 N–H and O–H groups in total. The predicted molar refractivity (Wildman–Crippen MR) is 179 cm³/mol. The second kappa shape index (κ2) is 8.89. The summed E-state index contributed by atoms with van der Waals surface area (Å²) in [6, 6.07) is 56.3. The van der Waals surface area contributed by atoms with Gasteiger partial charge in [-0.1, -0.05) is 137 Å². The Bertz CT molecular complexity index is 2160. The zero-order valence-electron chi connectivity index (χ0n) is 22.8.